The molecule has 1 aromatic rings. The number of sulfonamides is 1. The Kier molecular flexibility index (Phi) is 4.52. The molecule has 1 aromatic carbocycles. The average molecular weight is 326 g/mol. The van der Waals surface area contributed by atoms with Gasteiger partial charge in [0.15, 0.2) is 0 Å². The van der Waals surface area contributed by atoms with Crippen LogP contribution >= 0.6 is 0 Å². The van der Waals surface area contributed by atoms with Crippen molar-refractivity contribution in [2.45, 2.75) is 23.8 Å². The standard InChI is InChI=1S/C14H18N2O5S/c1-15(2)22(20,21)12-7-3-10(4-8-12)14(19)16(9-13(17)18)11-5-6-11/h3-4,7-8,11H,5-6,9H2,1-2H3,(H,17,18). The molecule has 0 bridgehead atoms. The van der Waals surface area contributed by atoms with Crippen LogP contribution < -0.4 is 0 Å². The molecule has 0 aromatic heterocycles. The molecule has 120 valence electrons. The van der Waals surface area contributed by atoms with Gasteiger partial charge < -0.3 is 10.0 Å². The Hall–Kier alpha value is -1.93. The first-order valence-electron chi connectivity index (χ1n) is 6.79. The van der Waals surface area contributed by atoms with Crippen LogP contribution in [0.5, 0.6) is 0 Å². The van der Waals surface area contributed by atoms with E-state index in [0.29, 0.717) is 0 Å². The molecule has 1 fully saturated rings. The van der Waals surface area contributed by atoms with Crippen LogP contribution in [0.1, 0.15) is 23.2 Å². The summed E-state index contributed by atoms with van der Waals surface area (Å²) in [5, 5.41) is 8.89. The number of carboxylic acid groups (broad SMARTS) is 1. The molecule has 0 aliphatic heterocycles. The zero-order chi connectivity index (χ0) is 16.5. The fraction of sp³-hybridized carbons (Fsp3) is 0.429. The molecular formula is C14H18N2O5S. The summed E-state index contributed by atoms with van der Waals surface area (Å²) in [6, 6.07) is 5.50. The van der Waals surface area contributed by atoms with E-state index in [9.17, 15) is 18.0 Å². The molecule has 0 atom stereocenters. The van der Waals surface area contributed by atoms with Gasteiger partial charge in [-0.2, -0.15) is 0 Å². The van der Waals surface area contributed by atoms with Crippen molar-refractivity contribution >= 4 is 21.9 Å². The lowest BCUT2D eigenvalue weighted by molar-refractivity contribution is -0.137. The lowest BCUT2D eigenvalue weighted by Crippen LogP contribution is -2.37. The third kappa shape index (κ3) is 3.45. The fourth-order valence-corrected chi connectivity index (χ4v) is 2.95. The fourth-order valence-electron chi connectivity index (χ4n) is 2.04. The Balaban J connectivity index is 2.22. The van der Waals surface area contributed by atoms with Gasteiger partial charge in [0.2, 0.25) is 10.0 Å². The first-order chi connectivity index (χ1) is 10.2. The van der Waals surface area contributed by atoms with E-state index in [-0.39, 0.29) is 23.0 Å². The lowest BCUT2D eigenvalue weighted by Gasteiger charge is -2.20. The van der Waals surface area contributed by atoms with Crippen LogP contribution in [0.3, 0.4) is 0 Å². The normalized spacial score (nSPS) is 14.9. The summed E-state index contributed by atoms with van der Waals surface area (Å²) in [7, 11) is -0.695. The molecule has 0 saturated heterocycles. The van der Waals surface area contributed by atoms with E-state index in [1.807, 2.05) is 0 Å². The first kappa shape index (κ1) is 16.4. The summed E-state index contributed by atoms with van der Waals surface area (Å²) in [6.07, 6.45) is 1.60. The van der Waals surface area contributed by atoms with Gasteiger partial charge >= 0.3 is 5.97 Å². The summed E-state index contributed by atoms with van der Waals surface area (Å²) in [4.78, 5) is 24.6. The summed E-state index contributed by atoms with van der Waals surface area (Å²) in [5.41, 5.74) is 0.283. The van der Waals surface area contributed by atoms with Gasteiger partial charge in [-0.25, -0.2) is 12.7 Å². The van der Waals surface area contributed by atoms with Crippen molar-refractivity contribution in [1.82, 2.24) is 9.21 Å². The SMILES string of the molecule is CN(C)S(=O)(=O)c1ccc(C(=O)N(CC(=O)O)C2CC2)cc1. The number of carbonyl (C=O) groups is 2. The Bertz CT molecular complexity index is 678. The Labute approximate surface area is 129 Å². The highest BCUT2D eigenvalue weighted by molar-refractivity contribution is 7.89. The van der Waals surface area contributed by atoms with Gasteiger partial charge in [-0.15, -0.1) is 0 Å². The number of nitrogens with zero attached hydrogens (tertiary/aromatic N) is 2. The third-order valence-electron chi connectivity index (χ3n) is 3.43. The number of hydrogen-bond acceptors (Lipinski definition) is 4. The Morgan fingerprint density at radius 2 is 1.73 bits per heavy atom. The van der Waals surface area contributed by atoms with Crippen LogP contribution in [0.2, 0.25) is 0 Å². The van der Waals surface area contributed by atoms with Crippen LogP contribution in [-0.2, 0) is 14.8 Å². The number of aliphatic carboxylic acids is 1. The van der Waals surface area contributed by atoms with Gasteiger partial charge in [-0.3, -0.25) is 9.59 Å². The van der Waals surface area contributed by atoms with Crippen molar-refractivity contribution in [2.75, 3.05) is 20.6 Å². The second kappa shape index (κ2) is 6.05. The molecule has 0 spiro atoms. The second-order valence-corrected chi connectivity index (χ2v) is 7.52. The largest absolute Gasteiger partial charge is 0.480 e. The van der Waals surface area contributed by atoms with Gasteiger partial charge in [0.1, 0.15) is 6.54 Å². The number of hydrogen-bond donors (Lipinski definition) is 1. The minimum absolute atomic E-state index is 0.0335. The van der Waals surface area contributed by atoms with Gasteiger partial charge in [0.05, 0.1) is 4.90 Å². The van der Waals surface area contributed by atoms with Crippen molar-refractivity contribution in [3.05, 3.63) is 29.8 Å². The van der Waals surface area contributed by atoms with Gasteiger partial charge in [-0.05, 0) is 37.1 Å². The summed E-state index contributed by atoms with van der Waals surface area (Å²) in [5.74, 6) is -1.45. The highest BCUT2D eigenvalue weighted by atomic mass is 32.2. The summed E-state index contributed by atoms with van der Waals surface area (Å²) < 4.78 is 25.0. The maximum Gasteiger partial charge on any atom is 0.323 e. The minimum Gasteiger partial charge on any atom is -0.480 e. The monoisotopic (exact) mass is 326 g/mol. The van der Waals surface area contributed by atoms with E-state index in [4.69, 9.17) is 5.11 Å². The topological polar surface area (TPSA) is 95.0 Å². The van der Waals surface area contributed by atoms with Crippen LogP contribution in [0, 0.1) is 0 Å². The molecule has 1 N–H and O–H groups in total. The highest BCUT2D eigenvalue weighted by Crippen LogP contribution is 2.28. The van der Waals surface area contributed by atoms with E-state index in [2.05, 4.69) is 0 Å². The molecule has 1 aliphatic carbocycles. The summed E-state index contributed by atoms with van der Waals surface area (Å²) in [6.45, 7) is -0.346. The quantitative estimate of drug-likeness (QED) is 0.827. The van der Waals surface area contributed by atoms with Gasteiger partial charge in [0.25, 0.3) is 5.91 Å². The van der Waals surface area contributed by atoms with Crippen molar-refractivity contribution in [2.24, 2.45) is 0 Å². The smallest absolute Gasteiger partial charge is 0.323 e. The average Bonchev–Trinajstić information content (AvgIpc) is 3.28. The Morgan fingerprint density at radius 3 is 2.14 bits per heavy atom. The van der Waals surface area contributed by atoms with Gasteiger partial charge in [-0.1, -0.05) is 0 Å². The number of rotatable bonds is 6. The molecular weight excluding hydrogens is 308 g/mol. The molecule has 1 saturated carbocycles. The molecule has 2 rings (SSSR count). The Morgan fingerprint density at radius 1 is 1.18 bits per heavy atom. The van der Waals surface area contributed by atoms with Crippen LogP contribution in [-0.4, -0.2) is 61.3 Å². The van der Waals surface area contributed by atoms with Crippen LogP contribution in [0.15, 0.2) is 29.2 Å². The van der Waals surface area contributed by atoms with E-state index < -0.39 is 21.9 Å². The van der Waals surface area contributed by atoms with Crippen molar-refractivity contribution in [3.63, 3.8) is 0 Å². The molecule has 0 radical (unpaired) electrons. The van der Waals surface area contributed by atoms with Crippen LogP contribution in [0.25, 0.3) is 0 Å². The predicted molar refractivity (Wildman–Crippen MR) is 79.0 cm³/mol. The molecule has 22 heavy (non-hydrogen) atoms. The molecule has 1 amide bonds. The number of benzene rings is 1. The van der Waals surface area contributed by atoms with E-state index >= 15 is 0 Å². The second-order valence-electron chi connectivity index (χ2n) is 5.37. The van der Waals surface area contributed by atoms with Gasteiger partial charge in [0, 0.05) is 25.7 Å². The van der Waals surface area contributed by atoms with Crippen molar-refractivity contribution in [1.29, 1.82) is 0 Å². The summed E-state index contributed by atoms with van der Waals surface area (Å²) >= 11 is 0. The van der Waals surface area contributed by atoms with E-state index in [1.54, 1.807) is 0 Å². The molecule has 8 heteroatoms. The van der Waals surface area contributed by atoms with Crippen LogP contribution in [0.4, 0.5) is 0 Å². The molecule has 7 nitrogen and oxygen atoms in total. The molecule has 0 heterocycles. The first-order valence-corrected chi connectivity index (χ1v) is 8.23. The maximum atomic E-state index is 12.4. The number of carbonyl (C=O) groups excluding carboxylic acids is 1. The number of carboxylic acids is 1. The maximum absolute atomic E-state index is 12.4. The third-order valence-corrected chi connectivity index (χ3v) is 5.26. The van der Waals surface area contributed by atoms with E-state index in [0.717, 1.165) is 17.1 Å². The lowest BCUT2D eigenvalue weighted by atomic mass is 10.2. The molecule has 1 aliphatic rings. The molecule has 0 unspecified atom stereocenters. The van der Waals surface area contributed by atoms with E-state index in [1.165, 1.54) is 43.3 Å². The number of amides is 1. The van der Waals surface area contributed by atoms with Crippen molar-refractivity contribution < 1.29 is 23.1 Å². The minimum atomic E-state index is -3.55. The zero-order valence-corrected chi connectivity index (χ0v) is 13.2. The predicted octanol–water partition coefficient (Wildman–Crippen LogP) is 0.626. The van der Waals surface area contributed by atoms with Crippen molar-refractivity contribution in [3.8, 4) is 0 Å². The highest BCUT2D eigenvalue weighted by Gasteiger charge is 2.34. The zero-order valence-electron chi connectivity index (χ0n) is 12.4.